The fraction of sp³-hybridized carbons (Fsp3) is 0.463. The number of carbonyl (C=O) groups is 2. The van der Waals surface area contributed by atoms with E-state index >= 15 is 0 Å². The third-order valence-corrected chi connectivity index (χ3v) is 12.1. The van der Waals surface area contributed by atoms with E-state index < -0.39 is 11.7 Å². The first-order valence-electron chi connectivity index (χ1n) is 19.0. The molecule has 3 aliphatic rings. The van der Waals surface area contributed by atoms with E-state index in [1.54, 1.807) is 5.38 Å². The number of hydrogen-bond acceptors (Lipinski definition) is 10. The highest BCUT2D eigenvalue weighted by atomic mass is 32.2. The zero-order valence-corrected chi connectivity index (χ0v) is 32.9. The largest absolute Gasteiger partial charge is 0.438 e. The number of piperazine rings is 1. The Balaban J connectivity index is 1.04. The molecule has 54 heavy (non-hydrogen) atoms. The molecule has 4 heterocycles. The third kappa shape index (κ3) is 10.0. The van der Waals surface area contributed by atoms with Crippen molar-refractivity contribution in [1.29, 1.82) is 0 Å². The van der Waals surface area contributed by atoms with Crippen molar-refractivity contribution < 1.29 is 18.7 Å². The number of nitrogens with one attached hydrogen (secondary N) is 3. The van der Waals surface area contributed by atoms with E-state index in [1.165, 1.54) is 28.5 Å². The van der Waals surface area contributed by atoms with Gasteiger partial charge in [-0.1, -0.05) is 30.3 Å². The summed E-state index contributed by atoms with van der Waals surface area (Å²) in [6.07, 6.45) is 3.86. The van der Waals surface area contributed by atoms with Crippen LogP contribution in [0, 0.1) is 12.7 Å². The van der Waals surface area contributed by atoms with E-state index in [0.717, 1.165) is 73.1 Å². The second-order valence-corrected chi connectivity index (χ2v) is 17.2. The number of thioether (sulfide) groups is 1. The monoisotopic (exact) mass is 771 g/mol. The summed E-state index contributed by atoms with van der Waals surface area (Å²) in [6, 6.07) is 16.7. The normalized spacial score (nSPS) is 22.4. The molecule has 1 saturated carbocycles. The quantitative estimate of drug-likeness (QED) is 0.155. The van der Waals surface area contributed by atoms with Crippen molar-refractivity contribution in [2.24, 2.45) is 0 Å². The number of pyridine rings is 1. The first kappa shape index (κ1) is 38.4. The van der Waals surface area contributed by atoms with E-state index in [-0.39, 0.29) is 29.4 Å². The Kier molecular flexibility index (Phi) is 12.6. The van der Waals surface area contributed by atoms with E-state index in [4.69, 9.17) is 4.74 Å². The molecule has 3 N–H and O–H groups in total. The SMILES string of the molecule is Cc1nc(C(=O)N[C@H]2CC[C@@H](NC(=O)c3cc(F)cnc3Oc3cccc(-c4ccc(CN5C[C@@H](C)N[C@@H](C)C5)cc4CN4CCSCC4)c3)CC2)cs1. The van der Waals surface area contributed by atoms with Crippen molar-refractivity contribution in [3.8, 4) is 22.8 Å². The average molecular weight is 772 g/mol. The molecule has 0 unspecified atom stereocenters. The minimum Gasteiger partial charge on any atom is -0.438 e. The molecular formula is C41H50FN7O3S2. The van der Waals surface area contributed by atoms with E-state index in [1.807, 2.05) is 36.9 Å². The molecule has 10 nitrogen and oxygen atoms in total. The topological polar surface area (TPSA) is 112 Å². The molecule has 2 aromatic carbocycles. The Hall–Kier alpha value is -3.88. The highest BCUT2D eigenvalue weighted by molar-refractivity contribution is 7.99. The maximum absolute atomic E-state index is 14.5. The Bertz CT molecular complexity index is 1920. The number of aromatic nitrogens is 2. The van der Waals surface area contributed by atoms with Crippen molar-refractivity contribution in [3.63, 3.8) is 0 Å². The average Bonchev–Trinajstić information content (AvgIpc) is 3.60. The van der Waals surface area contributed by atoms with E-state index in [9.17, 15) is 14.0 Å². The molecule has 4 aromatic rings. The van der Waals surface area contributed by atoms with Crippen LogP contribution in [0.2, 0.25) is 0 Å². The number of amides is 2. The van der Waals surface area contributed by atoms with Crippen molar-refractivity contribution in [1.82, 2.24) is 35.7 Å². The predicted molar refractivity (Wildman–Crippen MR) is 214 cm³/mol. The summed E-state index contributed by atoms with van der Waals surface area (Å²) in [4.78, 5) is 39.7. The standard InChI is InChI=1S/C41H50FN7O3S2/c1-26-21-49(22-27(2)44-26)23-29-7-12-36(31(17-29)24-48-13-15-53-16-14-48)30-5-4-6-35(18-30)52-41-37(19-32(42)20-43-41)39(50)46-33-8-10-34(11-9-33)47-40(51)38-25-54-28(3)45-38/h4-7,12,17-20,25-27,33-34,44H,8-11,13-16,21-24H2,1-3H3,(H,46,50)(H,47,51)/t26-,27+,33-,34+. The van der Waals surface area contributed by atoms with Gasteiger partial charge in [-0.25, -0.2) is 14.4 Å². The van der Waals surface area contributed by atoms with Crippen molar-refractivity contribution in [2.45, 2.75) is 83.7 Å². The number of carbonyl (C=O) groups excluding carboxylic acids is 2. The van der Waals surface area contributed by atoms with Crippen LogP contribution >= 0.6 is 23.1 Å². The van der Waals surface area contributed by atoms with Crippen molar-refractivity contribution >= 4 is 34.9 Å². The number of nitrogens with zero attached hydrogens (tertiary/aromatic N) is 4. The second-order valence-electron chi connectivity index (χ2n) is 14.9. The lowest BCUT2D eigenvalue weighted by atomic mass is 9.91. The van der Waals surface area contributed by atoms with Crippen LogP contribution in [0.3, 0.4) is 0 Å². The van der Waals surface area contributed by atoms with Crippen LogP contribution in [0.25, 0.3) is 11.1 Å². The number of hydrogen-bond donors (Lipinski definition) is 3. The van der Waals surface area contributed by atoms with Gasteiger partial charge in [0.1, 0.15) is 22.8 Å². The summed E-state index contributed by atoms with van der Waals surface area (Å²) in [5.41, 5.74) is 5.21. The van der Waals surface area contributed by atoms with Crippen LogP contribution in [-0.2, 0) is 13.1 Å². The first-order valence-corrected chi connectivity index (χ1v) is 21.1. The molecule has 2 aliphatic heterocycles. The van der Waals surface area contributed by atoms with Crippen LogP contribution in [0.4, 0.5) is 4.39 Å². The number of benzene rings is 2. The van der Waals surface area contributed by atoms with Gasteiger partial charge in [-0.3, -0.25) is 19.4 Å². The fourth-order valence-electron chi connectivity index (χ4n) is 7.87. The van der Waals surface area contributed by atoms with Crippen molar-refractivity contribution in [2.75, 3.05) is 37.7 Å². The minimum absolute atomic E-state index is 0.00472. The van der Waals surface area contributed by atoms with Gasteiger partial charge < -0.3 is 20.7 Å². The van der Waals surface area contributed by atoms with Crippen LogP contribution in [-0.4, -0.2) is 93.4 Å². The van der Waals surface area contributed by atoms with Crippen LogP contribution in [0.15, 0.2) is 60.1 Å². The number of halogens is 1. The van der Waals surface area contributed by atoms with Crippen LogP contribution < -0.4 is 20.7 Å². The van der Waals surface area contributed by atoms with Gasteiger partial charge in [0.25, 0.3) is 11.8 Å². The summed E-state index contributed by atoms with van der Waals surface area (Å²) in [7, 11) is 0. The number of thiazole rings is 1. The molecule has 2 saturated heterocycles. The third-order valence-electron chi connectivity index (χ3n) is 10.4. The van der Waals surface area contributed by atoms with Gasteiger partial charge in [0.15, 0.2) is 0 Å². The summed E-state index contributed by atoms with van der Waals surface area (Å²) in [5, 5.41) is 12.4. The molecular weight excluding hydrogens is 722 g/mol. The Morgan fingerprint density at radius 3 is 2.35 bits per heavy atom. The van der Waals surface area contributed by atoms with E-state index in [0.29, 0.717) is 49.2 Å². The molecule has 0 radical (unpaired) electrons. The molecule has 2 amide bonds. The fourth-order valence-corrected chi connectivity index (χ4v) is 9.44. The highest BCUT2D eigenvalue weighted by Gasteiger charge is 2.27. The first-order chi connectivity index (χ1) is 26.1. The molecule has 3 fully saturated rings. The van der Waals surface area contributed by atoms with Gasteiger partial charge in [0.05, 0.1) is 11.2 Å². The molecule has 1 aliphatic carbocycles. The highest BCUT2D eigenvalue weighted by Crippen LogP contribution is 2.33. The minimum atomic E-state index is -0.615. The summed E-state index contributed by atoms with van der Waals surface area (Å²) < 4.78 is 20.8. The molecule has 0 bridgehead atoms. The van der Waals surface area contributed by atoms with Gasteiger partial charge in [-0.05, 0) is 86.9 Å². The lowest BCUT2D eigenvalue weighted by Gasteiger charge is -2.36. The maximum atomic E-state index is 14.5. The summed E-state index contributed by atoms with van der Waals surface area (Å²) in [5.74, 6) is 1.62. The zero-order valence-electron chi connectivity index (χ0n) is 31.3. The maximum Gasteiger partial charge on any atom is 0.270 e. The van der Waals surface area contributed by atoms with Gasteiger partial charge >= 0.3 is 0 Å². The number of aryl methyl sites for hydroxylation is 1. The van der Waals surface area contributed by atoms with E-state index in [2.05, 4.69) is 73.8 Å². The summed E-state index contributed by atoms with van der Waals surface area (Å²) in [6.45, 7) is 12.3. The predicted octanol–water partition coefficient (Wildman–Crippen LogP) is 6.65. The second kappa shape index (κ2) is 17.7. The molecule has 2 aromatic heterocycles. The van der Waals surface area contributed by atoms with Gasteiger partial charge in [-0.2, -0.15) is 11.8 Å². The lowest BCUT2D eigenvalue weighted by molar-refractivity contribution is 0.0888. The Morgan fingerprint density at radius 2 is 1.65 bits per heavy atom. The summed E-state index contributed by atoms with van der Waals surface area (Å²) >= 11 is 3.46. The molecule has 286 valence electrons. The molecule has 13 heteroatoms. The Labute approximate surface area is 325 Å². The van der Waals surface area contributed by atoms with Crippen molar-refractivity contribution in [3.05, 3.63) is 93.3 Å². The van der Waals surface area contributed by atoms with Gasteiger partial charge in [0, 0.05) is 80.3 Å². The molecule has 7 rings (SSSR count). The van der Waals surface area contributed by atoms with Crippen LogP contribution in [0.1, 0.15) is 76.5 Å². The number of rotatable bonds is 11. The lowest BCUT2D eigenvalue weighted by Crippen LogP contribution is -2.53. The van der Waals surface area contributed by atoms with Gasteiger partial charge in [0.2, 0.25) is 5.88 Å². The molecule has 0 spiro atoms. The number of ether oxygens (including phenoxy) is 1. The zero-order chi connectivity index (χ0) is 37.6. The van der Waals surface area contributed by atoms with Gasteiger partial charge in [-0.15, -0.1) is 11.3 Å². The smallest absolute Gasteiger partial charge is 0.270 e. The Morgan fingerprint density at radius 1 is 0.926 bits per heavy atom. The molecule has 2 atom stereocenters. The van der Waals surface area contributed by atoms with Crippen LogP contribution in [0.5, 0.6) is 11.6 Å².